The lowest BCUT2D eigenvalue weighted by Crippen LogP contribution is -2.05. The van der Waals surface area contributed by atoms with Crippen molar-refractivity contribution < 1.29 is 9.00 Å². The Kier molecular flexibility index (Phi) is 7.64. The lowest BCUT2D eigenvalue weighted by molar-refractivity contribution is -0.112. The molecule has 0 saturated carbocycles. The minimum Gasteiger partial charge on any atom is -0.294 e. The number of hydrogen-bond donors (Lipinski definition) is 0. The topological polar surface area (TPSA) is 34.1 Å². The normalized spacial score (nSPS) is 12.8. The van der Waals surface area contributed by atoms with Gasteiger partial charge in [0.2, 0.25) is 0 Å². The smallest absolute Gasteiger partial charge is 0.168 e. The van der Waals surface area contributed by atoms with E-state index in [2.05, 4.69) is 45.2 Å². The van der Waals surface area contributed by atoms with Crippen LogP contribution in [0.5, 0.6) is 0 Å². The number of hydrogen-bond acceptors (Lipinski definition) is 2. The van der Waals surface area contributed by atoms with Crippen LogP contribution in [0, 0.1) is 7.14 Å². The van der Waals surface area contributed by atoms with E-state index in [0.717, 1.165) is 18.3 Å². The maximum absolute atomic E-state index is 11.9. The number of rotatable bonds is 6. The van der Waals surface area contributed by atoms with Crippen molar-refractivity contribution in [1.29, 1.82) is 0 Å². The molecule has 2 aromatic carbocycles. The van der Waals surface area contributed by atoms with Gasteiger partial charge in [0.05, 0.1) is 16.6 Å². The first-order valence-corrected chi connectivity index (χ1v) is 10.3. The fraction of sp³-hybridized carbons (Fsp3) is 0.0556. The van der Waals surface area contributed by atoms with E-state index in [0.29, 0.717) is 0 Å². The molecule has 1 unspecified atom stereocenters. The van der Waals surface area contributed by atoms with Crippen molar-refractivity contribution in [3.05, 3.63) is 78.3 Å². The van der Waals surface area contributed by atoms with Crippen LogP contribution in [0.1, 0.15) is 11.1 Å². The number of carbonyl (C=O) groups is 1. The molecule has 0 bridgehead atoms. The second-order valence-electron chi connectivity index (χ2n) is 4.73. The molecule has 0 amide bonds. The largest absolute Gasteiger partial charge is 0.294 e. The van der Waals surface area contributed by atoms with Crippen molar-refractivity contribution in [3.8, 4) is 0 Å². The summed E-state index contributed by atoms with van der Waals surface area (Å²) in [6.07, 6.45) is 5.01. The lowest BCUT2D eigenvalue weighted by Gasteiger charge is -1.96. The Bertz CT molecular complexity index is 682. The Labute approximate surface area is 165 Å². The van der Waals surface area contributed by atoms with Crippen molar-refractivity contribution in [2.75, 3.05) is 5.75 Å². The summed E-state index contributed by atoms with van der Waals surface area (Å²) in [7, 11) is -1.30. The molecule has 0 fully saturated rings. The first-order chi connectivity index (χ1) is 11.0. The quantitative estimate of drug-likeness (QED) is 0.381. The van der Waals surface area contributed by atoms with Gasteiger partial charge in [-0.1, -0.05) is 30.3 Å². The minimum atomic E-state index is -1.30. The van der Waals surface area contributed by atoms with Crippen LogP contribution >= 0.6 is 45.2 Å². The van der Waals surface area contributed by atoms with Crippen molar-refractivity contribution in [3.63, 3.8) is 0 Å². The number of benzene rings is 2. The SMILES string of the molecule is O=C(/C=C\c1ccc(I)cc1)CS(=O)C=Cc1ccc(I)cc1. The molecule has 0 aliphatic carbocycles. The third kappa shape index (κ3) is 7.09. The maximum atomic E-state index is 11.9. The molecule has 2 rings (SSSR count). The van der Waals surface area contributed by atoms with Crippen molar-refractivity contribution >= 4 is 73.9 Å². The number of halogens is 2. The molecule has 0 aliphatic heterocycles. The average Bonchev–Trinajstić information content (AvgIpc) is 2.54. The second kappa shape index (κ2) is 9.48. The zero-order chi connectivity index (χ0) is 16.7. The van der Waals surface area contributed by atoms with Crippen molar-refractivity contribution in [1.82, 2.24) is 0 Å². The van der Waals surface area contributed by atoms with Gasteiger partial charge in [-0.25, -0.2) is 0 Å². The number of carbonyl (C=O) groups excluding carboxylic acids is 1. The highest BCUT2D eigenvalue weighted by atomic mass is 127. The third-order valence-corrected chi connectivity index (χ3v) is 5.35. The van der Waals surface area contributed by atoms with E-state index in [9.17, 15) is 9.00 Å². The Hall–Kier alpha value is -0.800. The van der Waals surface area contributed by atoms with Gasteiger partial charge in [0.15, 0.2) is 5.78 Å². The molecule has 2 aromatic rings. The Balaban J connectivity index is 1.88. The predicted octanol–water partition coefficient (Wildman–Crippen LogP) is 4.90. The fourth-order valence-electron chi connectivity index (χ4n) is 1.73. The van der Waals surface area contributed by atoms with Gasteiger partial charge >= 0.3 is 0 Å². The van der Waals surface area contributed by atoms with Gasteiger partial charge in [0.1, 0.15) is 0 Å². The van der Waals surface area contributed by atoms with Gasteiger partial charge in [-0.2, -0.15) is 0 Å². The highest BCUT2D eigenvalue weighted by Gasteiger charge is 2.02. The molecule has 5 heteroatoms. The monoisotopic (exact) mass is 548 g/mol. The Morgan fingerprint density at radius 2 is 1.35 bits per heavy atom. The molecule has 118 valence electrons. The van der Waals surface area contributed by atoms with E-state index in [1.807, 2.05) is 48.5 Å². The van der Waals surface area contributed by atoms with E-state index in [1.54, 1.807) is 17.6 Å². The molecule has 0 radical (unpaired) electrons. The summed E-state index contributed by atoms with van der Waals surface area (Å²) >= 11 is 4.46. The molecule has 0 spiro atoms. The highest BCUT2D eigenvalue weighted by Crippen LogP contribution is 2.09. The van der Waals surface area contributed by atoms with Crippen LogP contribution in [0.4, 0.5) is 0 Å². The molecule has 0 aromatic heterocycles. The van der Waals surface area contributed by atoms with Crippen molar-refractivity contribution in [2.45, 2.75) is 0 Å². The summed E-state index contributed by atoms with van der Waals surface area (Å²) in [6.45, 7) is 0. The second-order valence-corrected chi connectivity index (χ2v) is 8.54. The van der Waals surface area contributed by atoms with E-state index in [4.69, 9.17) is 0 Å². The summed E-state index contributed by atoms with van der Waals surface area (Å²) in [5, 5.41) is 1.57. The Morgan fingerprint density at radius 1 is 0.870 bits per heavy atom. The first kappa shape index (κ1) is 18.5. The van der Waals surface area contributed by atoms with Crippen LogP contribution in [0.15, 0.2) is 60.0 Å². The van der Waals surface area contributed by atoms with E-state index < -0.39 is 10.8 Å². The molecular weight excluding hydrogens is 534 g/mol. The van der Waals surface area contributed by atoms with Gasteiger partial charge in [-0.3, -0.25) is 9.00 Å². The molecule has 2 nitrogen and oxygen atoms in total. The van der Waals surface area contributed by atoms with Gasteiger partial charge in [0.25, 0.3) is 0 Å². The summed E-state index contributed by atoms with van der Waals surface area (Å²) in [5.41, 5.74) is 1.93. The summed E-state index contributed by atoms with van der Waals surface area (Å²) in [6, 6.07) is 15.7. The zero-order valence-corrected chi connectivity index (χ0v) is 17.2. The fourth-order valence-corrected chi connectivity index (χ4v) is 3.23. The third-order valence-electron chi connectivity index (χ3n) is 2.90. The molecule has 1 atom stereocenters. The average molecular weight is 548 g/mol. The van der Waals surface area contributed by atoms with Crippen LogP contribution in [0.3, 0.4) is 0 Å². The van der Waals surface area contributed by atoms with E-state index in [1.165, 1.54) is 6.08 Å². The summed E-state index contributed by atoms with van der Waals surface area (Å²) in [5.74, 6) is -0.143. The lowest BCUT2D eigenvalue weighted by atomic mass is 10.2. The minimum absolute atomic E-state index is 0.00172. The molecule has 0 aliphatic rings. The number of ketones is 1. The standard InChI is InChI=1S/C18H14I2O2S/c19-16-6-1-14(2-7-16)5-10-18(21)13-23(22)12-11-15-3-8-17(20)9-4-15/h1-12H,13H2/b10-5-,12-11?. The molecular formula is C18H14I2O2S. The molecule has 0 saturated heterocycles. The zero-order valence-electron chi connectivity index (χ0n) is 12.1. The van der Waals surface area contributed by atoms with Gasteiger partial charge in [-0.05, 0) is 92.7 Å². The van der Waals surface area contributed by atoms with Gasteiger partial charge in [0, 0.05) is 12.5 Å². The molecule has 23 heavy (non-hydrogen) atoms. The molecule has 0 N–H and O–H groups in total. The highest BCUT2D eigenvalue weighted by molar-refractivity contribution is 14.1. The van der Waals surface area contributed by atoms with Crippen LogP contribution in [0.2, 0.25) is 0 Å². The van der Waals surface area contributed by atoms with Crippen LogP contribution in [0.25, 0.3) is 12.2 Å². The predicted molar refractivity (Wildman–Crippen MR) is 114 cm³/mol. The van der Waals surface area contributed by atoms with Gasteiger partial charge < -0.3 is 0 Å². The van der Waals surface area contributed by atoms with E-state index in [-0.39, 0.29) is 11.5 Å². The summed E-state index contributed by atoms with van der Waals surface area (Å²) < 4.78 is 14.2. The first-order valence-electron chi connectivity index (χ1n) is 6.80. The van der Waals surface area contributed by atoms with E-state index >= 15 is 0 Å². The Morgan fingerprint density at radius 3 is 1.87 bits per heavy atom. The molecule has 0 heterocycles. The number of allylic oxidation sites excluding steroid dienone is 1. The summed E-state index contributed by atoms with van der Waals surface area (Å²) in [4.78, 5) is 11.8. The maximum Gasteiger partial charge on any atom is 0.168 e. The van der Waals surface area contributed by atoms with Crippen LogP contribution in [-0.4, -0.2) is 15.7 Å². The van der Waals surface area contributed by atoms with Crippen LogP contribution in [-0.2, 0) is 15.6 Å². The van der Waals surface area contributed by atoms with Crippen LogP contribution < -0.4 is 0 Å². The van der Waals surface area contributed by atoms with Gasteiger partial charge in [-0.15, -0.1) is 0 Å². The van der Waals surface area contributed by atoms with Crippen molar-refractivity contribution in [2.24, 2.45) is 0 Å².